The number of aromatic nitrogens is 5. The van der Waals surface area contributed by atoms with Gasteiger partial charge in [-0.05, 0) is 44.7 Å². The first-order valence-electron chi connectivity index (χ1n) is 12.8. The number of hydrogen-bond donors (Lipinski definition) is 1. The van der Waals surface area contributed by atoms with Gasteiger partial charge >= 0.3 is 0 Å². The van der Waals surface area contributed by atoms with Crippen molar-refractivity contribution in [2.45, 2.75) is 43.6 Å². The zero-order valence-corrected chi connectivity index (χ0v) is 23.2. The smallest absolute Gasteiger partial charge is 0.145 e. The summed E-state index contributed by atoms with van der Waals surface area (Å²) < 4.78 is 9.96. The van der Waals surface area contributed by atoms with Gasteiger partial charge in [0.25, 0.3) is 0 Å². The molecule has 0 amide bonds. The molecule has 1 saturated carbocycles. The van der Waals surface area contributed by atoms with Crippen molar-refractivity contribution in [1.29, 1.82) is 5.26 Å². The summed E-state index contributed by atoms with van der Waals surface area (Å²) in [5.41, 5.74) is 3.59. The summed E-state index contributed by atoms with van der Waals surface area (Å²) in [5.74, 6) is 1.08. The van der Waals surface area contributed by atoms with Crippen molar-refractivity contribution in [2.75, 3.05) is 51.3 Å². The van der Waals surface area contributed by atoms with Crippen LogP contribution in [0.2, 0.25) is 0 Å². The fourth-order valence-electron chi connectivity index (χ4n) is 5.53. The van der Waals surface area contributed by atoms with E-state index in [0.29, 0.717) is 25.2 Å². The largest absolute Gasteiger partial charge is 0.360 e. The Bertz CT molecular complexity index is 1310. The van der Waals surface area contributed by atoms with E-state index in [1.807, 2.05) is 41.0 Å². The predicted octanol–water partition coefficient (Wildman–Crippen LogP) is 3.19. The third-order valence-electron chi connectivity index (χ3n) is 7.73. The van der Waals surface area contributed by atoms with Crippen LogP contribution in [0.1, 0.15) is 19.3 Å². The molecular formula is C27H38N8OS. The minimum absolute atomic E-state index is 0.312. The number of nitrogens with one attached hydrogen (secondary N) is 1. The number of likely N-dealkylation sites (N-methyl/N-ethyl adjacent to an activating group) is 1. The molecule has 5 rings (SSSR count). The van der Waals surface area contributed by atoms with E-state index in [2.05, 4.69) is 51.6 Å². The summed E-state index contributed by atoms with van der Waals surface area (Å²) >= 11 is 0. The van der Waals surface area contributed by atoms with E-state index in [4.69, 9.17) is 9.84 Å². The Morgan fingerprint density at radius 3 is 2.81 bits per heavy atom. The maximum atomic E-state index is 9.64. The number of hydrogen-bond acceptors (Lipinski definition) is 7. The second kappa shape index (κ2) is 10.2. The minimum Gasteiger partial charge on any atom is -0.360 e. The Morgan fingerprint density at radius 1 is 1.30 bits per heavy atom. The van der Waals surface area contributed by atoms with E-state index in [-0.39, 0.29) is 5.54 Å². The Hall–Kier alpha value is -2.71. The summed E-state index contributed by atoms with van der Waals surface area (Å²) in [7, 11) is 1.42. The normalized spacial score (nSPS) is 22.3. The van der Waals surface area contributed by atoms with Crippen molar-refractivity contribution in [2.24, 2.45) is 0 Å². The SMILES string of the molecule is C=C1CC(N2CC(CC#N)(n3cc(-c4ncnc5c4ccn5COCCS(C)(C)C)cn3)C2)CC1NC. The molecule has 1 saturated heterocycles. The van der Waals surface area contributed by atoms with Gasteiger partial charge in [-0.15, -0.1) is 0 Å². The molecule has 0 radical (unpaired) electrons. The lowest BCUT2D eigenvalue weighted by atomic mass is 9.85. The average Bonchev–Trinajstić information content (AvgIpc) is 3.57. The maximum absolute atomic E-state index is 9.64. The van der Waals surface area contributed by atoms with Gasteiger partial charge in [-0.3, -0.25) is 9.58 Å². The fraction of sp³-hybridized carbons (Fsp3) is 0.556. The Labute approximate surface area is 220 Å². The number of nitrogens with zero attached hydrogens (tertiary/aromatic N) is 7. The molecule has 0 aromatic carbocycles. The number of likely N-dealkylation sites (tertiary alicyclic amines) is 1. The number of fused-ring (bicyclic) bond motifs is 1. The fourth-order valence-corrected chi connectivity index (χ4v) is 6.15. The van der Waals surface area contributed by atoms with E-state index in [1.54, 1.807) is 6.33 Å². The van der Waals surface area contributed by atoms with Crippen molar-refractivity contribution in [3.8, 4) is 17.3 Å². The lowest BCUT2D eigenvalue weighted by Crippen LogP contribution is -2.65. The van der Waals surface area contributed by atoms with Crippen molar-refractivity contribution < 1.29 is 4.74 Å². The summed E-state index contributed by atoms with van der Waals surface area (Å²) in [6.07, 6.45) is 16.9. The van der Waals surface area contributed by atoms with Crippen LogP contribution < -0.4 is 5.32 Å². The predicted molar refractivity (Wildman–Crippen MR) is 150 cm³/mol. The van der Waals surface area contributed by atoms with Gasteiger partial charge in [0, 0.05) is 54.3 Å². The van der Waals surface area contributed by atoms with Gasteiger partial charge in [-0.25, -0.2) is 20.0 Å². The molecule has 4 heterocycles. The van der Waals surface area contributed by atoms with Crippen LogP contribution in [-0.2, 0) is 17.0 Å². The van der Waals surface area contributed by atoms with Crippen LogP contribution in [0, 0.1) is 11.3 Å². The van der Waals surface area contributed by atoms with E-state index in [0.717, 1.165) is 60.6 Å². The molecule has 198 valence electrons. The highest BCUT2D eigenvalue weighted by Gasteiger charge is 2.49. The second-order valence-corrected chi connectivity index (χ2v) is 15.9. The topological polar surface area (TPSA) is 96.8 Å². The third-order valence-corrected chi connectivity index (χ3v) is 9.13. The lowest BCUT2D eigenvalue weighted by molar-refractivity contribution is -0.0242. The van der Waals surface area contributed by atoms with E-state index < -0.39 is 10.0 Å². The van der Waals surface area contributed by atoms with Gasteiger partial charge in [-0.2, -0.15) is 10.4 Å². The molecule has 9 nitrogen and oxygen atoms in total. The quantitative estimate of drug-likeness (QED) is 0.323. The van der Waals surface area contributed by atoms with Crippen LogP contribution in [0.5, 0.6) is 0 Å². The minimum atomic E-state index is -0.576. The van der Waals surface area contributed by atoms with Crippen LogP contribution in [0.25, 0.3) is 22.3 Å². The van der Waals surface area contributed by atoms with Crippen LogP contribution >= 0.6 is 10.0 Å². The molecule has 3 aromatic heterocycles. The molecule has 1 N–H and O–H groups in total. The number of ether oxygens (including phenoxy) is 1. The summed E-state index contributed by atoms with van der Waals surface area (Å²) in [5, 5.41) is 18.7. The number of rotatable bonds is 10. The Balaban J connectivity index is 1.31. The zero-order chi connectivity index (χ0) is 26.2. The van der Waals surface area contributed by atoms with Crippen molar-refractivity contribution in [3.05, 3.63) is 43.1 Å². The molecule has 37 heavy (non-hydrogen) atoms. The highest BCUT2D eigenvalue weighted by molar-refractivity contribution is 8.32. The van der Waals surface area contributed by atoms with Crippen molar-refractivity contribution in [3.63, 3.8) is 0 Å². The summed E-state index contributed by atoms with van der Waals surface area (Å²) in [6.45, 7) is 7.09. The molecular weight excluding hydrogens is 484 g/mol. The van der Waals surface area contributed by atoms with E-state index in [9.17, 15) is 5.26 Å². The van der Waals surface area contributed by atoms with Gasteiger partial charge in [0.15, 0.2) is 0 Å². The van der Waals surface area contributed by atoms with E-state index in [1.165, 1.54) is 5.57 Å². The standard InChI is InChI=1S/C27H38N8OS/c1-20-12-22(13-24(20)29-2)34-16-27(17-34,7-8-28)35-15-21(14-32-35)25-23-6-9-33(26(23)31-18-30-25)19-36-10-11-37(3,4)5/h6,9,14-15,18,22,24,29H,1,7,10-13,16-17,19H2,2-5H3. The molecule has 1 aliphatic carbocycles. The molecule has 2 fully saturated rings. The van der Waals surface area contributed by atoms with Gasteiger partial charge in [-0.1, -0.05) is 12.2 Å². The van der Waals surface area contributed by atoms with Gasteiger partial charge in [0.1, 0.15) is 24.2 Å². The van der Waals surface area contributed by atoms with Crippen LogP contribution in [0.15, 0.2) is 43.1 Å². The van der Waals surface area contributed by atoms with Crippen LogP contribution in [0.3, 0.4) is 0 Å². The average molecular weight is 523 g/mol. The third kappa shape index (κ3) is 5.18. The summed E-state index contributed by atoms with van der Waals surface area (Å²) in [6, 6.07) is 5.30. The first-order chi connectivity index (χ1) is 17.7. The lowest BCUT2D eigenvalue weighted by Gasteiger charge is -2.51. The zero-order valence-electron chi connectivity index (χ0n) is 22.4. The molecule has 1 aliphatic heterocycles. The highest BCUT2D eigenvalue weighted by Crippen LogP contribution is 2.40. The summed E-state index contributed by atoms with van der Waals surface area (Å²) in [4.78, 5) is 11.6. The Morgan fingerprint density at radius 2 is 2.11 bits per heavy atom. The first-order valence-corrected chi connectivity index (χ1v) is 15.8. The first kappa shape index (κ1) is 25.9. The molecule has 0 bridgehead atoms. The van der Waals surface area contributed by atoms with Crippen molar-refractivity contribution in [1.82, 2.24) is 34.5 Å². The molecule has 10 heteroatoms. The molecule has 3 aromatic rings. The van der Waals surface area contributed by atoms with Gasteiger partial charge in [0.2, 0.25) is 0 Å². The van der Waals surface area contributed by atoms with Crippen molar-refractivity contribution >= 4 is 21.1 Å². The molecule has 2 atom stereocenters. The molecule has 2 aliphatic rings. The van der Waals surface area contributed by atoms with E-state index >= 15 is 0 Å². The van der Waals surface area contributed by atoms with Crippen LogP contribution in [0.4, 0.5) is 0 Å². The van der Waals surface area contributed by atoms with Crippen LogP contribution in [-0.4, -0.2) is 92.6 Å². The van der Waals surface area contributed by atoms with Gasteiger partial charge in [0.05, 0.1) is 31.0 Å². The number of nitriles is 1. The highest BCUT2D eigenvalue weighted by atomic mass is 32.3. The monoisotopic (exact) mass is 522 g/mol. The second-order valence-electron chi connectivity index (χ2n) is 11.3. The molecule has 0 spiro atoms. The van der Waals surface area contributed by atoms with Gasteiger partial charge < -0.3 is 14.6 Å². The molecule has 2 unspecified atom stereocenters. The maximum Gasteiger partial charge on any atom is 0.145 e. The Kier molecular flexibility index (Phi) is 7.16.